The highest BCUT2D eigenvalue weighted by Crippen LogP contribution is 2.23. The van der Waals surface area contributed by atoms with Gasteiger partial charge in [-0.1, -0.05) is 12.1 Å². The van der Waals surface area contributed by atoms with Crippen LogP contribution in [0.2, 0.25) is 0 Å². The Morgan fingerprint density at radius 1 is 1.17 bits per heavy atom. The number of nitrogens with zero attached hydrogens (tertiary/aromatic N) is 2. The average Bonchev–Trinajstić information content (AvgIpc) is 3.32. The summed E-state index contributed by atoms with van der Waals surface area (Å²) in [4.78, 5) is 27.9. The lowest BCUT2D eigenvalue weighted by molar-refractivity contribution is -0.123. The van der Waals surface area contributed by atoms with Crippen molar-refractivity contribution in [1.29, 1.82) is 0 Å². The first-order valence-corrected chi connectivity index (χ1v) is 8.84. The lowest BCUT2D eigenvalue weighted by atomic mass is 10.1. The Morgan fingerprint density at radius 3 is 2.80 bits per heavy atom. The van der Waals surface area contributed by atoms with Crippen LogP contribution in [0.4, 0.5) is 24.8 Å². The molecule has 2 aromatic carbocycles. The number of hydrogen-bond acceptors (Lipinski definition) is 5. The molecule has 2 amide bonds. The van der Waals surface area contributed by atoms with Crippen LogP contribution in [0.25, 0.3) is 11.4 Å². The minimum atomic E-state index is -4.49. The number of carbonyl (C=O) groups excluding carboxylic acids is 2. The van der Waals surface area contributed by atoms with E-state index in [1.165, 1.54) is 18.2 Å². The second-order valence-electron chi connectivity index (χ2n) is 6.57. The number of fused-ring (bicyclic) bond motifs is 1. The van der Waals surface area contributed by atoms with E-state index in [1.807, 2.05) is 11.4 Å². The number of nitrogens with one attached hydrogen (secondary N) is 4. The summed E-state index contributed by atoms with van der Waals surface area (Å²) in [6.45, 7) is -0.958. The molecule has 30 heavy (non-hydrogen) atoms. The van der Waals surface area contributed by atoms with Gasteiger partial charge in [0.05, 0.1) is 0 Å². The number of benzene rings is 2. The van der Waals surface area contributed by atoms with Crippen molar-refractivity contribution >= 4 is 23.5 Å². The first-order valence-electron chi connectivity index (χ1n) is 8.84. The smallest absolute Gasteiger partial charge is 0.348 e. The molecule has 154 valence electrons. The summed E-state index contributed by atoms with van der Waals surface area (Å²) < 4.78 is 36.9. The van der Waals surface area contributed by atoms with Gasteiger partial charge in [-0.2, -0.15) is 18.2 Å². The number of rotatable bonds is 5. The summed E-state index contributed by atoms with van der Waals surface area (Å²) in [5.41, 5.74) is 2.73. The number of anilines is 2. The van der Waals surface area contributed by atoms with Crippen LogP contribution in [0.3, 0.4) is 0 Å². The number of H-pyrrole nitrogens is 1. The summed E-state index contributed by atoms with van der Waals surface area (Å²) in [6.07, 6.45) is -4.49. The Kier molecular flexibility index (Phi) is 4.86. The molecule has 8 nitrogen and oxygen atoms in total. The van der Waals surface area contributed by atoms with Gasteiger partial charge in [0.15, 0.2) is 5.82 Å². The summed E-state index contributed by atoms with van der Waals surface area (Å²) in [5, 5.41) is 14.4. The maximum atomic E-state index is 12.3. The molecular weight excluding hydrogens is 401 g/mol. The fourth-order valence-electron chi connectivity index (χ4n) is 2.98. The monoisotopic (exact) mass is 416 g/mol. The van der Waals surface area contributed by atoms with Crippen LogP contribution in [0.1, 0.15) is 26.3 Å². The molecule has 0 bridgehead atoms. The highest BCUT2D eigenvalue weighted by molar-refractivity contribution is 5.98. The fraction of sp³-hybridized carbons (Fsp3) is 0.158. The molecule has 0 fully saturated rings. The molecule has 1 aliphatic heterocycles. The van der Waals surface area contributed by atoms with Crippen LogP contribution in [0.5, 0.6) is 0 Å². The van der Waals surface area contributed by atoms with E-state index in [-0.39, 0.29) is 17.4 Å². The maximum absolute atomic E-state index is 12.3. The van der Waals surface area contributed by atoms with Crippen LogP contribution in [0.15, 0.2) is 42.5 Å². The Bertz CT molecular complexity index is 1130. The number of amides is 2. The average molecular weight is 416 g/mol. The first kappa shape index (κ1) is 19.4. The first-order chi connectivity index (χ1) is 14.3. The van der Waals surface area contributed by atoms with Crippen molar-refractivity contribution in [2.45, 2.75) is 12.7 Å². The van der Waals surface area contributed by atoms with Crippen molar-refractivity contribution in [3.8, 4) is 11.4 Å². The second-order valence-corrected chi connectivity index (χ2v) is 6.57. The predicted octanol–water partition coefficient (Wildman–Crippen LogP) is 2.75. The largest absolute Gasteiger partial charge is 0.405 e. The zero-order chi connectivity index (χ0) is 21.3. The quantitative estimate of drug-likeness (QED) is 0.511. The predicted molar refractivity (Wildman–Crippen MR) is 101 cm³/mol. The molecule has 0 unspecified atom stereocenters. The van der Waals surface area contributed by atoms with Crippen molar-refractivity contribution in [2.75, 3.05) is 11.9 Å². The number of halogens is 3. The molecular formula is C19H15F3N6O2. The van der Waals surface area contributed by atoms with Crippen LogP contribution in [-0.2, 0) is 6.54 Å². The minimum absolute atomic E-state index is 0.0680. The molecule has 0 spiro atoms. The molecule has 11 heteroatoms. The summed E-state index contributed by atoms with van der Waals surface area (Å²) in [6, 6.07) is 11.3. The van der Waals surface area contributed by atoms with Gasteiger partial charge in [-0.3, -0.25) is 14.7 Å². The fourth-order valence-corrected chi connectivity index (χ4v) is 2.98. The Morgan fingerprint density at radius 2 is 2.00 bits per heavy atom. The summed E-state index contributed by atoms with van der Waals surface area (Å²) in [7, 11) is 0. The van der Waals surface area contributed by atoms with Gasteiger partial charge in [-0.15, -0.1) is 5.10 Å². The third-order valence-electron chi connectivity index (χ3n) is 4.38. The molecule has 0 radical (unpaired) electrons. The third kappa shape index (κ3) is 4.24. The molecule has 0 atom stereocenters. The molecule has 1 aromatic heterocycles. The second kappa shape index (κ2) is 7.50. The molecule has 3 aromatic rings. The highest BCUT2D eigenvalue weighted by Gasteiger charge is 2.28. The molecule has 2 heterocycles. The number of alkyl halides is 3. The number of aromatic nitrogens is 3. The lowest BCUT2D eigenvalue weighted by Gasteiger charge is -2.08. The molecule has 0 aliphatic carbocycles. The number of aromatic amines is 1. The van der Waals surface area contributed by atoms with Crippen LogP contribution in [0, 0.1) is 0 Å². The van der Waals surface area contributed by atoms with Gasteiger partial charge in [-0.25, -0.2) is 0 Å². The van der Waals surface area contributed by atoms with E-state index in [1.54, 1.807) is 18.2 Å². The van der Waals surface area contributed by atoms with Crippen molar-refractivity contribution in [3.63, 3.8) is 0 Å². The zero-order valence-corrected chi connectivity index (χ0v) is 15.3. The zero-order valence-electron chi connectivity index (χ0n) is 15.3. The van der Waals surface area contributed by atoms with E-state index in [2.05, 4.69) is 25.8 Å². The maximum Gasteiger partial charge on any atom is 0.405 e. The van der Waals surface area contributed by atoms with Gasteiger partial charge in [-0.05, 0) is 35.9 Å². The Hall–Kier alpha value is -3.89. The minimum Gasteiger partial charge on any atom is -0.348 e. The van der Waals surface area contributed by atoms with Gasteiger partial charge in [0.2, 0.25) is 5.95 Å². The van der Waals surface area contributed by atoms with E-state index >= 15 is 0 Å². The summed E-state index contributed by atoms with van der Waals surface area (Å²) in [5.74, 6) is -0.362. The lowest BCUT2D eigenvalue weighted by Crippen LogP contribution is -2.33. The van der Waals surface area contributed by atoms with Gasteiger partial charge < -0.3 is 16.0 Å². The molecule has 0 saturated carbocycles. The van der Waals surface area contributed by atoms with Gasteiger partial charge in [0.1, 0.15) is 6.54 Å². The van der Waals surface area contributed by atoms with Crippen molar-refractivity contribution < 1.29 is 22.8 Å². The van der Waals surface area contributed by atoms with Crippen LogP contribution >= 0.6 is 0 Å². The van der Waals surface area contributed by atoms with Gasteiger partial charge in [0, 0.05) is 28.9 Å². The van der Waals surface area contributed by atoms with Crippen molar-refractivity contribution in [1.82, 2.24) is 25.8 Å². The third-order valence-corrected chi connectivity index (χ3v) is 4.38. The van der Waals surface area contributed by atoms with E-state index in [4.69, 9.17) is 0 Å². The molecule has 0 saturated heterocycles. The van der Waals surface area contributed by atoms with Crippen molar-refractivity contribution in [3.05, 3.63) is 59.2 Å². The molecule has 4 rings (SSSR count). The van der Waals surface area contributed by atoms with Crippen LogP contribution < -0.4 is 16.0 Å². The Balaban J connectivity index is 1.48. The normalized spacial score (nSPS) is 13.0. The van der Waals surface area contributed by atoms with Gasteiger partial charge >= 0.3 is 6.18 Å². The van der Waals surface area contributed by atoms with Crippen molar-refractivity contribution in [2.24, 2.45) is 0 Å². The van der Waals surface area contributed by atoms with Gasteiger partial charge in [0.25, 0.3) is 11.8 Å². The summed E-state index contributed by atoms with van der Waals surface area (Å²) >= 11 is 0. The molecule has 4 N–H and O–H groups in total. The topological polar surface area (TPSA) is 112 Å². The van der Waals surface area contributed by atoms with E-state index in [0.717, 1.165) is 5.56 Å². The van der Waals surface area contributed by atoms with E-state index in [9.17, 15) is 22.8 Å². The number of carbonyl (C=O) groups is 2. The SMILES string of the molecule is O=C(NCC(F)(F)F)c1cccc(-c2nc(Nc3ccc4c(c3)CNC4=O)n[nH]2)c1. The Labute approximate surface area is 167 Å². The molecule has 1 aliphatic rings. The number of hydrogen-bond donors (Lipinski definition) is 4. The standard InChI is InChI=1S/C19H15F3N6O2/c20-19(21,22)9-24-16(29)11-3-1-2-10(6-11)15-26-18(28-27-15)25-13-4-5-14-12(7-13)8-23-17(14)30/h1-7H,8-9H2,(H,23,30)(H,24,29)(H2,25,26,27,28). The van der Waals surface area contributed by atoms with Crippen LogP contribution in [-0.4, -0.2) is 39.7 Å². The van der Waals surface area contributed by atoms with E-state index in [0.29, 0.717) is 29.2 Å². The van der Waals surface area contributed by atoms with E-state index < -0.39 is 18.6 Å². The highest BCUT2D eigenvalue weighted by atomic mass is 19.4.